The predicted molar refractivity (Wildman–Crippen MR) is 62.6 cm³/mol. The molecule has 1 heterocycles. The van der Waals surface area contributed by atoms with Crippen LogP contribution in [0.2, 0.25) is 0 Å². The molecule has 3 atom stereocenters. The van der Waals surface area contributed by atoms with Gasteiger partial charge in [0.05, 0.1) is 0 Å². The highest BCUT2D eigenvalue weighted by atomic mass is 15.0. The molecule has 1 aliphatic rings. The quantitative estimate of drug-likeness (QED) is 0.797. The van der Waals surface area contributed by atoms with Crippen molar-refractivity contribution in [3.63, 3.8) is 0 Å². The highest BCUT2D eigenvalue weighted by Gasteiger charge is 2.36. The zero-order valence-corrected chi connectivity index (χ0v) is 9.61. The Kier molecular flexibility index (Phi) is 3.37. The average Bonchev–Trinajstić information content (AvgIpc) is 2.98. The van der Waals surface area contributed by atoms with Crippen molar-refractivity contribution in [3.05, 3.63) is 30.1 Å². The number of rotatable bonds is 5. The topological polar surface area (TPSA) is 24.9 Å². The van der Waals surface area contributed by atoms with E-state index in [1.807, 2.05) is 18.5 Å². The van der Waals surface area contributed by atoms with Crippen molar-refractivity contribution < 1.29 is 0 Å². The third kappa shape index (κ3) is 2.78. The molecule has 0 aromatic carbocycles. The zero-order valence-electron chi connectivity index (χ0n) is 9.61. The molecular formula is C13H20N2. The summed E-state index contributed by atoms with van der Waals surface area (Å²) in [6.45, 7) is 4.48. The van der Waals surface area contributed by atoms with Crippen LogP contribution in [0.3, 0.4) is 0 Å². The van der Waals surface area contributed by atoms with Gasteiger partial charge in [-0.3, -0.25) is 4.98 Å². The van der Waals surface area contributed by atoms with E-state index in [0.717, 1.165) is 12.0 Å². The first-order valence-electron chi connectivity index (χ1n) is 5.97. The molecule has 1 aromatic heterocycles. The van der Waals surface area contributed by atoms with Crippen LogP contribution < -0.4 is 5.32 Å². The molecule has 3 unspecified atom stereocenters. The van der Waals surface area contributed by atoms with Crippen LogP contribution in [0.4, 0.5) is 0 Å². The fraction of sp³-hybridized carbons (Fsp3) is 0.615. The highest BCUT2D eigenvalue weighted by molar-refractivity contribution is 5.14. The summed E-state index contributed by atoms with van der Waals surface area (Å²) in [6, 6.07) is 5.33. The monoisotopic (exact) mass is 204 g/mol. The van der Waals surface area contributed by atoms with E-state index in [1.165, 1.54) is 24.8 Å². The van der Waals surface area contributed by atoms with Gasteiger partial charge in [-0.15, -0.1) is 0 Å². The minimum atomic E-state index is 0.436. The molecule has 1 saturated carbocycles. The standard InChI is InChI=1S/C13H20N2/c1-3-5-11-8-13(11)15-10(2)12-6-4-7-14-9-12/h4,6-7,9-11,13,15H,3,5,8H2,1-2H3. The number of nitrogens with one attached hydrogen (secondary N) is 1. The lowest BCUT2D eigenvalue weighted by molar-refractivity contribution is 0.529. The number of nitrogens with zero attached hydrogens (tertiary/aromatic N) is 1. The van der Waals surface area contributed by atoms with E-state index in [0.29, 0.717) is 6.04 Å². The Morgan fingerprint density at radius 3 is 3.13 bits per heavy atom. The molecule has 2 rings (SSSR count). The molecule has 2 heteroatoms. The van der Waals surface area contributed by atoms with Gasteiger partial charge in [-0.05, 0) is 37.3 Å². The first kappa shape index (κ1) is 10.6. The van der Waals surface area contributed by atoms with Gasteiger partial charge in [0.2, 0.25) is 0 Å². The summed E-state index contributed by atoms with van der Waals surface area (Å²) >= 11 is 0. The summed E-state index contributed by atoms with van der Waals surface area (Å²) in [5.74, 6) is 0.925. The summed E-state index contributed by atoms with van der Waals surface area (Å²) in [5.41, 5.74) is 1.29. The lowest BCUT2D eigenvalue weighted by Gasteiger charge is -2.13. The van der Waals surface area contributed by atoms with E-state index in [-0.39, 0.29) is 0 Å². The summed E-state index contributed by atoms with van der Waals surface area (Å²) in [4.78, 5) is 4.15. The second-order valence-corrected chi connectivity index (χ2v) is 4.57. The van der Waals surface area contributed by atoms with E-state index in [2.05, 4.69) is 30.2 Å². The number of hydrogen-bond donors (Lipinski definition) is 1. The summed E-state index contributed by atoms with van der Waals surface area (Å²) < 4.78 is 0. The Balaban J connectivity index is 1.81. The van der Waals surface area contributed by atoms with Crippen LogP contribution in [0.15, 0.2) is 24.5 Å². The highest BCUT2D eigenvalue weighted by Crippen LogP contribution is 2.36. The van der Waals surface area contributed by atoms with Crippen molar-refractivity contribution in [3.8, 4) is 0 Å². The van der Waals surface area contributed by atoms with Gasteiger partial charge >= 0.3 is 0 Å². The Morgan fingerprint density at radius 1 is 1.60 bits per heavy atom. The minimum Gasteiger partial charge on any atom is -0.307 e. The van der Waals surface area contributed by atoms with Crippen LogP contribution >= 0.6 is 0 Å². The van der Waals surface area contributed by atoms with Crippen molar-refractivity contribution in [1.82, 2.24) is 10.3 Å². The van der Waals surface area contributed by atoms with Gasteiger partial charge in [-0.25, -0.2) is 0 Å². The first-order chi connectivity index (χ1) is 7.31. The van der Waals surface area contributed by atoms with Gasteiger partial charge in [-0.1, -0.05) is 19.4 Å². The van der Waals surface area contributed by atoms with Crippen molar-refractivity contribution in [1.29, 1.82) is 0 Å². The molecule has 1 aromatic rings. The molecule has 1 fully saturated rings. The van der Waals surface area contributed by atoms with E-state index < -0.39 is 0 Å². The van der Waals surface area contributed by atoms with Crippen LogP contribution in [0.1, 0.15) is 44.7 Å². The molecule has 0 saturated heterocycles. The summed E-state index contributed by atoms with van der Waals surface area (Å²) in [6.07, 6.45) is 7.82. The van der Waals surface area contributed by atoms with Gasteiger partial charge in [0.15, 0.2) is 0 Å². The largest absolute Gasteiger partial charge is 0.307 e. The van der Waals surface area contributed by atoms with Crippen molar-refractivity contribution in [2.24, 2.45) is 5.92 Å². The smallest absolute Gasteiger partial charge is 0.0315 e. The van der Waals surface area contributed by atoms with Crippen LogP contribution in [-0.4, -0.2) is 11.0 Å². The third-order valence-electron chi connectivity index (χ3n) is 3.23. The van der Waals surface area contributed by atoms with Crippen LogP contribution in [-0.2, 0) is 0 Å². The van der Waals surface area contributed by atoms with Crippen molar-refractivity contribution in [2.45, 2.75) is 45.2 Å². The van der Waals surface area contributed by atoms with Crippen molar-refractivity contribution >= 4 is 0 Å². The predicted octanol–water partition coefficient (Wildman–Crippen LogP) is 2.92. The number of aromatic nitrogens is 1. The van der Waals surface area contributed by atoms with Gasteiger partial charge < -0.3 is 5.32 Å². The number of hydrogen-bond acceptors (Lipinski definition) is 2. The molecule has 15 heavy (non-hydrogen) atoms. The minimum absolute atomic E-state index is 0.436. The Labute approximate surface area is 92.1 Å². The zero-order chi connectivity index (χ0) is 10.7. The van der Waals surface area contributed by atoms with Gasteiger partial charge in [0.1, 0.15) is 0 Å². The Bertz CT molecular complexity index is 297. The average molecular weight is 204 g/mol. The fourth-order valence-electron chi connectivity index (χ4n) is 2.19. The van der Waals surface area contributed by atoms with Gasteiger partial charge in [0.25, 0.3) is 0 Å². The van der Waals surface area contributed by atoms with Gasteiger partial charge in [-0.2, -0.15) is 0 Å². The van der Waals surface area contributed by atoms with Crippen LogP contribution in [0.25, 0.3) is 0 Å². The lowest BCUT2D eigenvalue weighted by Crippen LogP contribution is -2.22. The summed E-state index contributed by atoms with van der Waals surface area (Å²) in [5, 5.41) is 3.66. The molecule has 0 spiro atoms. The van der Waals surface area contributed by atoms with E-state index in [1.54, 1.807) is 0 Å². The normalized spacial score (nSPS) is 26.3. The molecule has 0 amide bonds. The maximum atomic E-state index is 4.15. The third-order valence-corrected chi connectivity index (χ3v) is 3.23. The first-order valence-corrected chi connectivity index (χ1v) is 5.97. The molecule has 82 valence electrons. The summed E-state index contributed by atoms with van der Waals surface area (Å²) in [7, 11) is 0. The van der Waals surface area contributed by atoms with E-state index in [9.17, 15) is 0 Å². The van der Waals surface area contributed by atoms with Crippen LogP contribution in [0, 0.1) is 5.92 Å². The SMILES string of the molecule is CCCC1CC1NC(C)c1cccnc1. The Morgan fingerprint density at radius 2 is 2.47 bits per heavy atom. The fourth-order valence-corrected chi connectivity index (χ4v) is 2.19. The molecule has 0 aliphatic heterocycles. The Hall–Kier alpha value is -0.890. The molecule has 1 aliphatic carbocycles. The molecule has 0 radical (unpaired) electrons. The van der Waals surface area contributed by atoms with Crippen molar-refractivity contribution in [2.75, 3.05) is 0 Å². The van der Waals surface area contributed by atoms with Crippen LogP contribution in [0.5, 0.6) is 0 Å². The molecular weight excluding hydrogens is 184 g/mol. The van der Waals surface area contributed by atoms with E-state index in [4.69, 9.17) is 0 Å². The maximum absolute atomic E-state index is 4.15. The lowest BCUT2D eigenvalue weighted by atomic mass is 10.1. The van der Waals surface area contributed by atoms with E-state index >= 15 is 0 Å². The van der Waals surface area contributed by atoms with Gasteiger partial charge in [0, 0.05) is 24.5 Å². The molecule has 0 bridgehead atoms. The second-order valence-electron chi connectivity index (χ2n) is 4.57. The molecule has 1 N–H and O–H groups in total. The number of pyridine rings is 1. The second kappa shape index (κ2) is 4.75. The molecule has 2 nitrogen and oxygen atoms in total. The maximum Gasteiger partial charge on any atom is 0.0315 e.